The van der Waals surface area contributed by atoms with Gasteiger partial charge in [0, 0.05) is 38.3 Å². The van der Waals surface area contributed by atoms with Gasteiger partial charge in [-0.2, -0.15) is 0 Å². The third-order valence-corrected chi connectivity index (χ3v) is 5.74. The van der Waals surface area contributed by atoms with Gasteiger partial charge in [0.05, 0.1) is 19.8 Å². The summed E-state index contributed by atoms with van der Waals surface area (Å²) in [7, 11) is 1.76. The number of benzene rings is 1. The van der Waals surface area contributed by atoms with Crippen molar-refractivity contribution in [2.45, 2.75) is 26.2 Å². The maximum atomic E-state index is 12.9. The first-order chi connectivity index (χ1) is 12.2. The number of nitrogens with zero attached hydrogens (tertiary/aromatic N) is 1. The molecule has 3 rings (SSSR count). The Hall–Kier alpha value is -1.59. The minimum Gasteiger partial charge on any atom is -0.494 e. The standard InChI is InChI=1S/C20H29NO4/c1-3-25-18-6-4-5-16(13-18)19(22)21-10-7-20(8-11-21)9-12-24-15-17(20)14-23-2/h4-6,13,17H,3,7-12,14-15H2,1-2H3. The zero-order valence-electron chi connectivity index (χ0n) is 15.3. The molecule has 0 aliphatic carbocycles. The first-order valence-electron chi connectivity index (χ1n) is 9.27. The molecule has 0 radical (unpaired) electrons. The summed E-state index contributed by atoms with van der Waals surface area (Å²) < 4.78 is 16.6. The second-order valence-corrected chi connectivity index (χ2v) is 7.09. The summed E-state index contributed by atoms with van der Waals surface area (Å²) in [6, 6.07) is 7.50. The Balaban J connectivity index is 1.65. The minimum atomic E-state index is 0.103. The van der Waals surface area contributed by atoms with Crippen LogP contribution in [0.2, 0.25) is 0 Å². The summed E-state index contributed by atoms with van der Waals surface area (Å²) in [5.41, 5.74) is 0.973. The molecule has 2 aliphatic rings. The fourth-order valence-electron chi connectivity index (χ4n) is 4.19. The molecule has 1 aromatic carbocycles. The van der Waals surface area contributed by atoms with Gasteiger partial charge in [-0.3, -0.25) is 4.79 Å². The topological polar surface area (TPSA) is 48.0 Å². The summed E-state index contributed by atoms with van der Waals surface area (Å²) in [4.78, 5) is 14.8. The van der Waals surface area contributed by atoms with Crippen LogP contribution in [0, 0.1) is 11.3 Å². The van der Waals surface area contributed by atoms with Crippen LogP contribution in [0.5, 0.6) is 5.75 Å². The van der Waals surface area contributed by atoms with Crippen LogP contribution < -0.4 is 4.74 Å². The van der Waals surface area contributed by atoms with Gasteiger partial charge in [0.1, 0.15) is 5.75 Å². The molecule has 0 aromatic heterocycles. The number of amides is 1. The van der Waals surface area contributed by atoms with Gasteiger partial charge in [0.15, 0.2) is 0 Å². The highest BCUT2D eigenvalue weighted by atomic mass is 16.5. The molecular formula is C20H29NO4. The molecule has 5 heteroatoms. The van der Waals surface area contributed by atoms with Gasteiger partial charge >= 0.3 is 0 Å². The molecule has 2 aliphatic heterocycles. The van der Waals surface area contributed by atoms with Gasteiger partial charge in [-0.15, -0.1) is 0 Å². The van der Waals surface area contributed by atoms with E-state index in [1.807, 2.05) is 36.1 Å². The lowest BCUT2D eigenvalue weighted by atomic mass is 9.66. The number of hydrogen-bond acceptors (Lipinski definition) is 4. The molecule has 1 unspecified atom stereocenters. The van der Waals surface area contributed by atoms with Crippen LogP contribution in [0.3, 0.4) is 0 Å². The quantitative estimate of drug-likeness (QED) is 0.822. The van der Waals surface area contributed by atoms with Gasteiger partial charge in [0.2, 0.25) is 0 Å². The Bertz CT molecular complexity index is 579. The van der Waals surface area contributed by atoms with Crippen molar-refractivity contribution < 1.29 is 19.0 Å². The smallest absolute Gasteiger partial charge is 0.253 e. The fraction of sp³-hybridized carbons (Fsp3) is 0.650. The first-order valence-corrected chi connectivity index (χ1v) is 9.27. The summed E-state index contributed by atoms with van der Waals surface area (Å²) in [5, 5.41) is 0. The van der Waals surface area contributed by atoms with E-state index in [1.54, 1.807) is 7.11 Å². The second-order valence-electron chi connectivity index (χ2n) is 7.09. The van der Waals surface area contributed by atoms with E-state index in [1.165, 1.54) is 0 Å². The van der Waals surface area contributed by atoms with Gasteiger partial charge in [-0.05, 0) is 49.8 Å². The average molecular weight is 347 g/mol. The lowest BCUT2D eigenvalue weighted by molar-refractivity contribution is -0.0912. The van der Waals surface area contributed by atoms with Crippen LogP contribution in [0.4, 0.5) is 0 Å². The van der Waals surface area contributed by atoms with E-state index in [0.29, 0.717) is 18.1 Å². The summed E-state index contributed by atoms with van der Waals surface area (Å²) in [5.74, 6) is 1.29. The summed E-state index contributed by atoms with van der Waals surface area (Å²) in [6.07, 6.45) is 3.13. The van der Waals surface area contributed by atoms with Crippen molar-refractivity contribution in [2.24, 2.45) is 11.3 Å². The third-order valence-electron chi connectivity index (χ3n) is 5.74. The van der Waals surface area contributed by atoms with Crippen molar-refractivity contribution in [3.05, 3.63) is 29.8 Å². The molecule has 1 spiro atoms. The molecule has 2 saturated heterocycles. The van der Waals surface area contributed by atoms with Crippen LogP contribution in [-0.2, 0) is 9.47 Å². The predicted molar refractivity (Wildman–Crippen MR) is 96.0 cm³/mol. The van der Waals surface area contributed by atoms with E-state index in [4.69, 9.17) is 14.2 Å². The lowest BCUT2D eigenvalue weighted by Gasteiger charge is -2.48. The molecular weight excluding hydrogens is 318 g/mol. The maximum absolute atomic E-state index is 12.9. The number of likely N-dealkylation sites (tertiary alicyclic amines) is 1. The van der Waals surface area contributed by atoms with Crippen molar-refractivity contribution in [2.75, 3.05) is 46.6 Å². The second kappa shape index (κ2) is 8.19. The fourth-order valence-corrected chi connectivity index (χ4v) is 4.19. The molecule has 5 nitrogen and oxygen atoms in total. The van der Waals surface area contributed by atoms with Crippen LogP contribution in [0.25, 0.3) is 0 Å². The molecule has 2 heterocycles. The lowest BCUT2D eigenvalue weighted by Crippen LogP contribution is -2.50. The van der Waals surface area contributed by atoms with Crippen molar-refractivity contribution in [3.63, 3.8) is 0 Å². The Kier molecular flexibility index (Phi) is 5.97. The summed E-state index contributed by atoms with van der Waals surface area (Å²) >= 11 is 0. The highest BCUT2D eigenvalue weighted by Gasteiger charge is 2.44. The average Bonchev–Trinajstić information content (AvgIpc) is 2.65. The highest BCUT2D eigenvalue weighted by Crippen LogP contribution is 2.45. The largest absolute Gasteiger partial charge is 0.494 e. The van der Waals surface area contributed by atoms with Crippen LogP contribution in [-0.4, -0.2) is 57.4 Å². The third kappa shape index (κ3) is 3.98. The minimum absolute atomic E-state index is 0.103. The van der Waals surface area contributed by atoms with Crippen molar-refractivity contribution in [1.29, 1.82) is 0 Å². The Morgan fingerprint density at radius 2 is 2.12 bits per heavy atom. The maximum Gasteiger partial charge on any atom is 0.253 e. The molecule has 1 atom stereocenters. The van der Waals surface area contributed by atoms with Crippen molar-refractivity contribution in [1.82, 2.24) is 4.90 Å². The zero-order chi connectivity index (χ0) is 17.7. The Morgan fingerprint density at radius 3 is 2.84 bits per heavy atom. The number of carbonyl (C=O) groups is 1. The molecule has 0 saturated carbocycles. The number of rotatable bonds is 5. The molecule has 25 heavy (non-hydrogen) atoms. The van der Waals surface area contributed by atoms with Gasteiger partial charge in [-0.25, -0.2) is 0 Å². The van der Waals surface area contributed by atoms with E-state index < -0.39 is 0 Å². The van der Waals surface area contributed by atoms with E-state index in [0.717, 1.165) is 57.9 Å². The van der Waals surface area contributed by atoms with Gasteiger partial charge < -0.3 is 19.1 Å². The monoisotopic (exact) mass is 347 g/mol. The number of carbonyl (C=O) groups excluding carboxylic acids is 1. The van der Waals surface area contributed by atoms with Crippen LogP contribution >= 0.6 is 0 Å². The highest BCUT2D eigenvalue weighted by molar-refractivity contribution is 5.94. The van der Waals surface area contributed by atoms with Gasteiger partial charge in [-0.1, -0.05) is 6.07 Å². The predicted octanol–water partition coefficient (Wildman–Crippen LogP) is 2.99. The van der Waals surface area contributed by atoms with E-state index in [2.05, 4.69) is 0 Å². The molecule has 0 N–H and O–H groups in total. The summed E-state index contributed by atoms with van der Waals surface area (Å²) in [6.45, 7) is 6.50. The van der Waals surface area contributed by atoms with Crippen molar-refractivity contribution in [3.8, 4) is 5.75 Å². The number of hydrogen-bond donors (Lipinski definition) is 0. The molecule has 2 fully saturated rings. The van der Waals surface area contributed by atoms with E-state index >= 15 is 0 Å². The SMILES string of the molecule is CCOc1cccc(C(=O)N2CCC3(CCOCC3COC)CC2)c1. The van der Waals surface area contributed by atoms with E-state index in [9.17, 15) is 4.79 Å². The Morgan fingerprint density at radius 1 is 1.32 bits per heavy atom. The van der Waals surface area contributed by atoms with Gasteiger partial charge in [0.25, 0.3) is 5.91 Å². The molecule has 1 amide bonds. The number of methoxy groups -OCH3 is 1. The zero-order valence-corrected chi connectivity index (χ0v) is 15.3. The number of ether oxygens (including phenoxy) is 3. The molecule has 1 aromatic rings. The normalized spacial score (nSPS) is 22.8. The molecule has 138 valence electrons. The first kappa shape index (κ1) is 18.2. The van der Waals surface area contributed by atoms with Crippen LogP contribution in [0.15, 0.2) is 24.3 Å². The Labute approximate surface area is 150 Å². The van der Waals surface area contributed by atoms with Crippen LogP contribution in [0.1, 0.15) is 36.5 Å². The van der Waals surface area contributed by atoms with E-state index in [-0.39, 0.29) is 11.3 Å². The van der Waals surface area contributed by atoms with Crippen molar-refractivity contribution >= 4 is 5.91 Å². The number of piperidine rings is 1. The molecule has 0 bridgehead atoms.